The molecule has 0 radical (unpaired) electrons. The maximum Gasteiger partial charge on any atom is 0.227 e. The zero-order chi connectivity index (χ0) is 14.0. The first kappa shape index (κ1) is 14.4. The van der Waals surface area contributed by atoms with E-state index in [0.29, 0.717) is 6.54 Å². The van der Waals surface area contributed by atoms with Crippen LogP contribution in [0.15, 0.2) is 0 Å². The van der Waals surface area contributed by atoms with Gasteiger partial charge in [0.25, 0.3) is 0 Å². The van der Waals surface area contributed by atoms with E-state index in [4.69, 9.17) is 0 Å². The summed E-state index contributed by atoms with van der Waals surface area (Å²) in [5, 5.41) is 0. The quantitative estimate of drug-likeness (QED) is 0.727. The summed E-state index contributed by atoms with van der Waals surface area (Å²) in [6.07, 6.45) is 4.14. The van der Waals surface area contributed by atoms with Crippen molar-refractivity contribution in [1.82, 2.24) is 9.80 Å². The number of carbonyl (C=O) groups excluding carboxylic acids is 2. The summed E-state index contributed by atoms with van der Waals surface area (Å²) in [4.78, 5) is 28.6. The number of amides is 2. The fourth-order valence-corrected chi connectivity index (χ4v) is 3.03. The third kappa shape index (κ3) is 3.28. The van der Waals surface area contributed by atoms with Gasteiger partial charge in [-0.1, -0.05) is 20.8 Å². The molecule has 19 heavy (non-hydrogen) atoms. The Bertz CT molecular complexity index is 354. The number of nitrogens with zero attached hydrogens (tertiary/aromatic N) is 2. The zero-order valence-corrected chi connectivity index (χ0v) is 12.4. The summed E-state index contributed by atoms with van der Waals surface area (Å²) in [6, 6.07) is 0. The number of piperidine rings is 1. The van der Waals surface area contributed by atoms with Crippen LogP contribution in [0.1, 0.15) is 46.5 Å². The summed E-state index contributed by atoms with van der Waals surface area (Å²) in [6.45, 7) is 9.07. The minimum atomic E-state index is -0.349. The molecule has 0 spiro atoms. The van der Waals surface area contributed by atoms with Crippen molar-refractivity contribution in [3.8, 4) is 0 Å². The Hall–Kier alpha value is -1.06. The molecule has 2 aliphatic heterocycles. The number of carbonyl (C=O) groups is 2. The van der Waals surface area contributed by atoms with E-state index >= 15 is 0 Å². The smallest absolute Gasteiger partial charge is 0.227 e. The van der Waals surface area contributed by atoms with Crippen LogP contribution in [0.5, 0.6) is 0 Å². The van der Waals surface area contributed by atoms with Gasteiger partial charge in [0.15, 0.2) is 0 Å². The Morgan fingerprint density at radius 1 is 0.947 bits per heavy atom. The Morgan fingerprint density at radius 3 is 2.11 bits per heavy atom. The van der Waals surface area contributed by atoms with Crippen LogP contribution in [0.25, 0.3) is 0 Å². The van der Waals surface area contributed by atoms with Crippen molar-refractivity contribution in [2.45, 2.75) is 46.5 Å². The van der Waals surface area contributed by atoms with E-state index in [2.05, 4.69) is 0 Å². The van der Waals surface area contributed by atoms with E-state index in [0.717, 1.165) is 45.3 Å². The van der Waals surface area contributed by atoms with E-state index < -0.39 is 0 Å². The van der Waals surface area contributed by atoms with Gasteiger partial charge >= 0.3 is 0 Å². The lowest BCUT2D eigenvalue weighted by molar-refractivity contribution is -0.145. The molecular weight excluding hydrogens is 240 g/mol. The van der Waals surface area contributed by atoms with Gasteiger partial charge in [0.05, 0.1) is 5.92 Å². The van der Waals surface area contributed by atoms with Crippen molar-refractivity contribution in [2.75, 3.05) is 26.2 Å². The number of rotatable bonds is 1. The lowest BCUT2D eigenvalue weighted by Gasteiger charge is -2.37. The molecule has 108 valence electrons. The molecule has 0 aromatic carbocycles. The summed E-state index contributed by atoms with van der Waals surface area (Å²) in [7, 11) is 0. The standard InChI is InChI=1S/C15H26N2O2/c1-15(2,3)14(19)17-10-6-7-12(11-17)13(18)16-8-4-5-9-16/h12H,4-11H2,1-3H3/t12-/m0/s1. The minimum Gasteiger partial charge on any atom is -0.342 e. The lowest BCUT2D eigenvalue weighted by Crippen LogP contribution is -2.49. The molecule has 1 atom stereocenters. The second-order valence-electron chi connectivity index (χ2n) is 6.87. The van der Waals surface area contributed by atoms with Crippen molar-refractivity contribution in [2.24, 2.45) is 11.3 Å². The van der Waals surface area contributed by atoms with Gasteiger partial charge in [-0.05, 0) is 25.7 Å². The van der Waals surface area contributed by atoms with E-state index in [1.165, 1.54) is 0 Å². The Kier molecular flexibility index (Phi) is 4.16. The zero-order valence-electron chi connectivity index (χ0n) is 12.4. The van der Waals surface area contributed by atoms with Crippen LogP contribution >= 0.6 is 0 Å². The first-order valence-electron chi connectivity index (χ1n) is 7.48. The number of hydrogen-bond donors (Lipinski definition) is 0. The second-order valence-corrected chi connectivity index (χ2v) is 6.87. The fourth-order valence-electron chi connectivity index (χ4n) is 3.03. The van der Waals surface area contributed by atoms with Gasteiger partial charge in [0, 0.05) is 31.6 Å². The molecule has 4 heteroatoms. The Morgan fingerprint density at radius 2 is 1.53 bits per heavy atom. The van der Waals surface area contributed by atoms with Crippen LogP contribution in [-0.2, 0) is 9.59 Å². The molecule has 2 heterocycles. The maximum absolute atomic E-state index is 12.4. The predicted molar refractivity (Wildman–Crippen MR) is 74.6 cm³/mol. The molecule has 0 unspecified atom stereocenters. The molecule has 2 amide bonds. The van der Waals surface area contributed by atoms with Crippen LogP contribution in [0.4, 0.5) is 0 Å². The van der Waals surface area contributed by atoms with Crippen molar-refractivity contribution in [1.29, 1.82) is 0 Å². The van der Waals surface area contributed by atoms with E-state index in [-0.39, 0.29) is 23.1 Å². The van der Waals surface area contributed by atoms with Crippen LogP contribution in [-0.4, -0.2) is 47.8 Å². The van der Waals surface area contributed by atoms with Gasteiger partial charge in [0.1, 0.15) is 0 Å². The van der Waals surface area contributed by atoms with Gasteiger partial charge in [-0.2, -0.15) is 0 Å². The summed E-state index contributed by atoms with van der Waals surface area (Å²) in [5.41, 5.74) is -0.349. The molecule has 2 saturated heterocycles. The van der Waals surface area contributed by atoms with Gasteiger partial charge in [0.2, 0.25) is 11.8 Å². The van der Waals surface area contributed by atoms with Gasteiger partial charge in [-0.15, -0.1) is 0 Å². The van der Waals surface area contributed by atoms with Crippen molar-refractivity contribution in [3.63, 3.8) is 0 Å². The van der Waals surface area contributed by atoms with Gasteiger partial charge in [-0.3, -0.25) is 9.59 Å². The normalized spacial score (nSPS) is 24.7. The average molecular weight is 266 g/mol. The van der Waals surface area contributed by atoms with E-state index in [1.807, 2.05) is 30.6 Å². The van der Waals surface area contributed by atoms with Crippen molar-refractivity contribution < 1.29 is 9.59 Å². The van der Waals surface area contributed by atoms with Crippen LogP contribution < -0.4 is 0 Å². The van der Waals surface area contributed by atoms with Gasteiger partial charge < -0.3 is 9.80 Å². The molecule has 0 N–H and O–H groups in total. The number of likely N-dealkylation sites (tertiary alicyclic amines) is 2. The van der Waals surface area contributed by atoms with Crippen molar-refractivity contribution in [3.05, 3.63) is 0 Å². The third-order valence-electron chi connectivity index (χ3n) is 4.12. The molecule has 0 aromatic rings. The first-order chi connectivity index (χ1) is 8.89. The third-order valence-corrected chi connectivity index (χ3v) is 4.12. The molecule has 0 bridgehead atoms. The van der Waals surface area contributed by atoms with E-state index in [9.17, 15) is 9.59 Å². The molecule has 4 nitrogen and oxygen atoms in total. The number of hydrogen-bond acceptors (Lipinski definition) is 2. The largest absolute Gasteiger partial charge is 0.342 e. The Balaban J connectivity index is 1.97. The highest BCUT2D eigenvalue weighted by Crippen LogP contribution is 2.25. The lowest BCUT2D eigenvalue weighted by atomic mass is 9.90. The summed E-state index contributed by atoms with van der Waals surface area (Å²) >= 11 is 0. The molecule has 0 saturated carbocycles. The van der Waals surface area contributed by atoms with Crippen LogP contribution in [0.2, 0.25) is 0 Å². The Labute approximate surface area is 116 Å². The molecule has 0 aromatic heterocycles. The molecule has 0 aliphatic carbocycles. The SMILES string of the molecule is CC(C)(C)C(=O)N1CCC[C@H](C(=O)N2CCCC2)C1. The van der Waals surface area contributed by atoms with Crippen LogP contribution in [0.3, 0.4) is 0 Å². The second kappa shape index (κ2) is 5.51. The summed E-state index contributed by atoms with van der Waals surface area (Å²) < 4.78 is 0. The molecule has 2 rings (SSSR count). The van der Waals surface area contributed by atoms with Crippen molar-refractivity contribution >= 4 is 11.8 Å². The fraction of sp³-hybridized carbons (Fsp3) is 0.867. The molecule has 2 aliphatic rings. The molecular formula is C15H26N2O2. The highest BCUT2D eigenvalue weighted by atomic mass is 16.2. The topological polar surface area (TPSA) is 40.6 Å². The average Bonchev–Trinajstić information content (AvgIpc) is 2.90. The monoisotopic (exact) mass is 266 g/mol. The minimum absolute atomic E-state index is 0.0261. The highest BCUT2D eigenvalue weighted by Gasteiger charge is 2.35. The first-order valence-corrected chi connectivity index (χ1v) is 7.48. The maximum atomic E-state index is 12.4. The van der Waals surface area contributed by atoms with Crippen LogP contribution in [0, 0.1) is 11.3 Å². The molecule has 2 fully saturated rings. The summed E-state index contributed by atoms with van der Waals surface area (Å²) in [5.74, 6) is 0.466. The predicted octanol–water partition coefficient (Wildman–Crippen LogP) is 1.89. The van der Waals surface area contributed by atoms with Gasteiger partial charge in [-0.25, -0.2) is 0 Å². The highest BCUT2D eigenvalue weighted by molar-refractivity contribution is 5.84. The van der Waals surface area contributed by atoms with E-state index in [1.54, 1.807) is 0 Å².